The van der Waals surface area contributed by atoms with Crippen LogP contribution in [0.4, 0.5) is 0 Å². The normalized spacial score (nSPS) is 19.6. The van der Waals surface area contributed by atoms with Crippen LogP contribution in [-0.2, 0) is 11.3 Å². The van der Waals surface area contributed by atoms with Gasteiger partial charge in [-0.3, -0.25) is 9.78 Å². The Hall–Kier alpha value is -1.42. The van der Waals surface area contributed by atoms with Crippen LogP contribution >= 0.6 is 0 Å². The van der Waals surface area contributed by atoms with Crippen molar-refractivity contribution in [3.8, 4) is 0 Å². The van der Waals surface area contributed by atoms with E-state index in [9.17, 15) is 4.79 Å². The summed E-state index contributed by atoms with van der Waals surface area (Å²) in [5, 5.41) is 3.30. The second-order valence-corrected chi connectivity index (χ2v) is 4.86. The summed E-state index contributed by atoms with van der Waals surface area (Å²) in [6, 6.07) is 2.00. The summed E-state index contributed by atoms with van der Waals surface area (Å²) >= 11 is 0. The average molecular weight is 247 g/mol. The molecule has 0 aromatic carbocycles. The lowest BCUT2D eigenvalue weighted by Gasteiger charge is -2.18. The maximum atomic E-state index is 12.2. The SMILES string of the molecule is CCCNC1CCN(Cc2cnccc2C)C1=O. The Bertz CT molecular complexity index is 419. The highest BCUT2D eigenvalue weighted by Crippen LogP contribution is 2.16. The number of nitrogens with zero attached hydrogens (tertiary/aromatic N) is 2. The summed E-state index contributed by atoms with van der Waals surface area (Å²) in [6.45, 7) is 6.61. The van der Waals surface area contributed by atoms with E-state index in [-0.39, 0.29) is 11.9 Å². The summed E-state index contributed by atoms with van der Waals surface area (Å²) in [4.78, 5) is 18.2. The van der Waals surface area contributed by atoms with Crippen LogP contribution in [-0.4, -0.2) is 34.9 Å². The molecule has 1 aliphatic heterocycles. The Morgan fingerprint density at radius 3 is 3.11 bits per heavy atom. The Kier molecular flexibility index (Phi) is 4.31. The molecule has 4 heteroatoms. The van der Waals surface area contributed by atoms with E-state index < -0.39 is 0 Å². The molecule has 1 saturated heterocycles. The second-order valence-electron chi connectivity index (χ2n) is 4.86. The molecule has 1 atom stereocenters. The molecule has 4 nitrogen and oxygen atoms in total. The largest absolute Gasteiger partial charge is 0.337 e. The number of pyridine rings is 1. The van der Waals surface area contributed by atoms with E-state index in [0.29, 0.717) is 6.54 Å². The molecule has 1 aromatic rings. The fourth-order valence-electron chi connectivity index (χ4n) is 2.27. The van der Waals surface area contributed by atoms with Gasteiger partial charge in [-0.1, -0.05) is 6.92 Å². The third kappa shape index (κ3) is 2.88. The molecule has 1 aliphatic rings. The molecule has 0 spiro atoms. The van der Waals surface area contributed by atoms with Crippen LogP contribution in [0.1, 0.15) is 30.9 Å². The highest BCUT2D eigenvalue weighted by atomic mass is 16.2. The van der Waals surface area contributed by atoms with Crippen LogP contribution in [0, 0.1) is 6.92 Å². The zero-order valence-corrected chi connectivity index (χ0v) is 11.1. The van der Waals surface area contributed by atoms with E-state index >= 15 is 0 Å². The molecule has 1 amide bonds. The standard InChI is InChI=1S/C14H21N3O/c1-3-6-16-13-5-8-17(14(13)18)10-12-9-15-7-4-11(12)2/h4,7,9,13,16H,3,5-6,8,10H2,1-2H3. The number of amides is 1. The van der Waals surface area contributed by atoms with Crippen LogP contribution in [0.3, 0.4) is 0 Å². The monoisotopic (exact) mass is 247 g/mol. The van der Waals surface area contributed by atoms with Crippen molar-refractivity contribution in [3.05, 3.63) is 29.6 Å². The average Bonchev–Trinajstić information content (AvgIpc) is 2.71. The predicted octanol–water partition coefficient (Wildman–Crippen LogP) is 1.49. The third-order valence-corrected chi connectivity index (χ3v) is 3.45. The Labute approximate surface area is 108 Å². The molecular weight excluding hydrogens is 226 g/mol. The molecule has 98 valence electrons. The van der Waals surface area contributed by atoms with Crippen LogP contribution < -0.4 is 5.32 Å². The van der Waals surface area contributed by atoms with Gasteiger partial charge in [-0.25, -0.2) is 0 Å². The second kappa shape index (κ2) is 5.96. The maximum Gasteiger partial charge on any atom is 0.240 e. The lowest BCUT2D eigenvalue weighted by Crippen LogP contribution is -2.38. The van der Waals surface area contributed by atoms with Gasteiger partial charge in [0.05, 0.1) is 6.04 Å². The molecule has 0 radical (unpaired) electrons. The minimum absolute atomic E-state index is 0.0157. The molecule has 2 rings (SSSR count). The third-order valence-electron chi connectivity index (χ3n) is 3.45. The number of aryl methyl sites for hydroxylation is 1. The number of hydrogen-bond donors (Lipinski definition) is 1. The molecule has 0 saturated carbocycles. The fraction of sp³-hybridized carbons (Fsp3) is 0.571. The zero-order chi connectivity index (χ0) is 13.0. The topological polar surface area (TPSA) is 45.2 Å². The highest BCUT2D eigenvalue weighted by Gasteiger charge is 2.30. The van der Waals surface area contributed by atoms with Gasteiger partial charge in [-0.15, -0.1) is 0 Å². The van der Waals surface area contributed by atoms with Gasteiger partial charge in [0.15, 0.2) is 0 Å². The zero-order valence-electron chi connectivity index (χ0n) is 11.1. The molecule has 1 N–H and O–H groups in total. The van der Waals surface area contributed by atoms with Crippen molar-refractivity contribution in [2.75, 3.05) is 13.1 Å². The molecule has 1 unspecified atom stereocenters. The van der Waals surface area contributed by atoms with Gasteiger partial charge in [-0.05, 0) is 43.5 Å². The van der Waals surface area contributed by atoms with Crippen molar-refractivity contribution in [2.24, 2.45) is 0 Å². The summed E-state index contributed by atoms with van der Waals surface area (Å²) in [6.07, 6.45) is 5.62. The Morgan fingerprint density at radius 1 is 1.56 bits per heavy atom. The summed E-state index contributed by atoms with van der Waals surface area (Å²) < 4.78 is 0. The van der Waals surface area contributed by atoms with Gasteiger partial charge in [0.25, 0.3) is 0 Å². The molecule has 18 heavy (non-hydrogen) atoms. The van der Waals surface area contributed by atoms with E-state index in [4.69, 9.17) is 0 Å². The van der Waals surface area contributed by atoms with Gasteiger partial charge >= 0.3 is 0 Å². The molecule has 0 bridgehead atoms. The molecule has 0 aliphatic carbocycles. The van der Waals surface area contributed by atoms with Gasteiger partial charge in [0.2, 0.25) is 5.91 Å². The predicted molar refractivity (Wildman–Crippen MR) is 71.1 cm³/mol. The summed E-state index contributed by atoms with van der Waals surface area (Å²) in [5.74, 6) is 0.228. The Balaban J connectivity index is 1.96. The molecule has 2 heterocycles. The number of aromatic nitrogens is 1. The lowest BCUT2D eigenvalue weighted by atomic mass is 10.1. The van der Waals surface area contributed by atoms with E-state index in [0.717, 1.165) is 31.5 Å². The van der Waals surface area contributed by atoms with E-state index in [1.165, 1.54) is 5.56 Å². The summed E-state index contributed by atoms with van der Waals surface area (Å²) in [5.41, 5.74) is 2.34. The molecule has 1 fully saturated rings. The van der Waals surface area contributed by atoms with Gasteiger partial charge in [0, 0.05) is 25.5 Å². The number of hydrogen-bond acceptors (Lipinski definition) is 3. The first kappa shape index (κ1) is 13.0. The van der Waals surface area contributed by atoms with Crippen molar-refractivity contribution >= 4 is 5.91 Å². The van der Waals surface area contributed by atoms with Crippen LogP contribution in [0.5, 0.6) is 0 Å². The fourth-order valence-corrected chi connectivity index (χ4v) is 2.27. The van der Waals surface area contributed by atoms with E-state index in [1.54, 1.807) is 6.20 Å². The maximum absolute atomic E-state index is 12.2. The smallest absolute Gasteiger partial charge is 0.240 e. The number of carbonyl (C=O) groups is 1. The van der Waals surface area contributed by atoms with Crippen LogP contribution in [0.25, 0.3) is 0 Å². The van der Waals surface area contributed by atoms with Crippen LogP contribution in [0.2, 0.25) is 0 Å². The molecule has 1 aromatic heterocycles. The van der Waals surface area contributed by atoms with E-state index in [1.807, 2.05) is 17.2 Å². The first-order chi connectivity index (χ1) is 8.72. The van der Waals surface area contributed by atoms with Gasteiger partial charge in [-0.2, -0.15) is 0 Å². The van der Waals surface area contributed by atoms with Crippen molar-refractivity contribution in [2.45, 2.75) is 39.3 Å². The summed E-state index contributed by atoms with van der Waals surface area (Å²) in [7, 11) is 0. The minimum atomic E-state index is 0.0157. The number of likely N-dealkylation sites (tertiary alicyclic amines) is 1. The minimum Gasteiger partial charge on any atom is -0.337 e. The number of rotatable bonds is 5. The number of carbonyl (C=O) groups excluding carboxylic acids is 1. The lowest BCUT2D eigenvalue weighted by molar-refractivity contribution is -0.129. The van der Waals surface area contributed by atoms with Crippen molar-refractivity contribution in [1.82, 2.24) is 15.2 Å². The molecular formula is C14H21N3O. The van der Waals surface area contributed by atoms with Gasteiger partial charge < -0.3 is 10.2 Å². The van der Waals surface area contributed by atoms with Crippen molar-refractivity contribution in [3.63, 3.8) is 0 Å². The number of nitrogens with one attached hydrogen (secondary N) is 1. The Morgan fingerprint density at radius 2 is 2.39 bits per heavy atom. The highest BCUT2D eigenvalue weighted by molar-refractivity contribution is 5.83. The van der Waals surface area contributed by atoms with Crippen molar-refractivity contribution < 1.29 is 4.79 Å². The first-order valence-electron chi connectivity index (χ1n) is 6.64. The quantitative estimate of drug-likeness (QED) is 0.857. The van der Waals surface area contributed by atoms with Gasteiger partial charge in [0.1, 0.15) is 0 Å². The van der Waals surface area contributed by atoms with Crippen molar-refractivity contribution in [1.29, 1.82) is 0 Å². The van der Waals surface area contributed by atoms with Crippen LogP contribution in [0.15, 0.2) is 18.5 Å². The van der Waals surface area contributed by atoms with E-state index in [2.05, 4.69) is 24.1 Å². The first-order valence-corrected chi connectivity index (χ1v) is 6.64.